The van der Waals surface area contributed by atoms with E-state index in [-0.39, 0.29) is 18.0 Å². The first-order valence-corrected chi connectivity index (χ1v) is 8.15. The number of rotatable bonds is 5. The number of aliphatic carboxylic acids is 1. The number of likely N-dealkylation sites (tertiary alicyclic amines) is 1. The fraction of sp³-hybridized carbons (Fsp3) is 0.833. The molecule has 4 unspecified atom stereocenters. The second-order valence-electron chi connectivity index (χ2n) is 5.16. The van der Waals surface area contributed by atoms with Gasteiger partial charge in [0.25, 0.3) is 0 Å². The first-order valence-electron chi connectivity index (χ1n) is 6.43. The van der Waals surface area contributed by atoms with Crippen LogP contribution in [0.1, 0.15) is 26.7 Å². The molecule has 1 aliphatic heterocycles. The fourth-order valence-electron chi connectivity index (χ4n) is 2.26. The van der Waals surface area contributed by atoms with Crippen LogP contribution in [0.2, 0.25) is 0 Å². The summed E-state index contributed by atoms with van der Waals surface area (Å²) in [6.45, 7) is 4.14. The number of carboxylic acids is 1. The smallest absolute Gasteiger partial charge is 0.326 e. The van der Waals surface area contributed by atoms with Crippen molar-refractivity contribution in [3.05, 3.63) is 0 Å². The van der Waals surface area contributed by atoms with Crippen LogP contribution < -0.4 is 5.32 Å². The van der Waals surface area contributed by atoms with E-state index in [1.165, 1.54) is 4.90 Å². The number of carbonyl (C=O) groups excluding carboxylic acids is 1. The molecule has 1 heterocycles. The van der Waals surface area contributed by atoms with Gasteiger partial charge in [-0.25, -0.2) is 9.59 Å². The van der Waals surface area contributed by atoms with Gasteiger partial charge in [-0.15, -0.1) is 0 Å². The third-order valence-electron chi connectivity index (χ3n) is 3.42. The van der Waals surface area contributed by atoms with Gasteiger partial charge >= 0.3 is 12.0 Å². The minimum Gasteiger partial charge on any atom is -0.480 e. The average molecular weight is 290 g/mol. The Morgan fingerprint density at radius 3 is 2.68 bits per heavy atom. The van der Waals surface area contributed by atoms with E-state index in [1.807, 2.05) is 13.8 Å². The molecule has 19 heavy (non-hydrogen) atoms. The predicted octanol–water partition coefficient (Wildman–Crippen LogP) is 0.648. The standard InChI is InChI=1S/C12H22N2O4S/c1-8-4-6-14(10(8)11(15)16)12(17)13-9(2)5-7-19(3)18/h8-10H,4-7H2,1-3H3,(H,13,17)(H,15,16). The second-order valence-corrected chi connectivity index (χ2v) is 6.71. The number of hydrogen-bond donors (Lipinski definition) is 2. The number of amides is 2. The van der Waals surface area contributed by atoms with Crippen molar-refractivity contribution in [2.75, 3.05) is 18.6 Å². The van der Waals surface area contributed by atoms with Gasteiger partial charge in [0.05, 0.1) is 0 Å². The van der Waals surface area contributed by atoms with E-state index in [4.69, 9.17) is 5.11 Å². The lowest BCUT2D eigenvalue weighted by atomic mass is 10.0. The molecule has 0 aromatic carbocycles. The summed E-state index contributed by atoms with van der Waals surface area (Å²) < 4.78 is 11.0. The number of hydrogen-bond acceptors (Lipinski definition) is 3. The minimum absolute atomic E-state index is 0.0262. The normalized spacial score (nSPS) is 25.9. The molecule has 1 rings (SSSR count). The average Bonchev–Trinajstić information content (AvgIpc) is 2.68. The molecule has 2 N–H and O–H groups in total. The Morgan fingerprint density at radius 1 is 1.53 bits per heavy atom. The Kier molecular flexibility index (Phi) is 5.78. The molecular formula is C12H22N2O4S. The highest BCUT2D eigenvalue weighted by Crippen LogP contribution is 2.24. The Bertz CT molecular complexity index is 375. The molecule has 7 heteroatoms. The van der Waals surface area contributed by atoms with Crippen LogP contribution in [0.4, 0.5) is 4.79 Å². The Balaban J connectivity index is 2.53. The van der Waals surface area contributed by atoms with Crippen molar-refractivity contribution >= 4 is 22.8 Å². The van der Waals surface area contributed by atoms with Crippen molar-refractivity contribution in [1.29, 1.82) is 0 Å². The number of urea groups is 1. The van der Waals surface area contributed by atoms with Gasteiger partial charge in [0, 0.05) is 35.4 Å². The molecule has 1 aliphatic rings. The Morgan fingerprint density at radius 2 is 2.16 bits per heavy atom. The van der Waals surface area contributed by atoms with Crippen LogP contribution in [0.25, 0.3) is 0 Å². The quantitative estimate of drug-likeness (QED) is 0.778. The third-order valence-corrected chi connectivity index (χ3v) is 4.23. The van der Waals surface area contributed by atoms with E-state index in [9.17, 15) is 13.8 Å². The summed E-state index contributed by atoms with van der Waals surface area (Å²) in [5.41, 5.74) is 0. The highest BCUT2D eigenvalue weighted by atomic mass is 32.2. The molecule has 1 saturated heterocycles. The number of carbonyl (C=O) groups is 2. The maximum Gasteiger partial charge on any atom is 0.326 e. The van der Waals surface area contributed by atoms with E-state index in [0.717, 1.165) is 0 Å². The van der Waals surface area contributed by atoms with E-state index in [0.29, 0.717) is 25.1 Å². The highest BCUT2D eigenvalue weighted by molar-refractivity contribution is 7.84. The van der Waals surface area contributed by atoms with Gasteiger partial charge in [-0.05, 0) is 25.7 Å². The molecule has 0 aliphatic carbocycles. The zero-order valence-corrected chi connectivity index (χ0v) is 12.4. The molecule has 4 atom stereocenters. The topological polar surface area (TPSA) is 86.7 Å². The summed E-state index contributed by atoms with van der Waals surface area (Å²) in [5, 5.41) is 11.9. The molecule has 110 valence electrons. The second kappa shape index (κ2) is 6.88. The van der Waals surface area contributed by atoms with Crippen LogP contribution in [0.15, 0.2) is 0 Å². The first kappa shape index (κ1) is 15.9. The van der Waals surface area contributed by atoms with Crippen molar-refractivity contribution in [2.24, 2.45) is 5.92 Å². The highest BCUT2D eigenvalue weighted by Gasteiger charge is 2.39. The third kappa shape index (κ3) is 4.49. The summed E-state index contributed by atoms with van der Waals surface area (Å²) in [4.78, 5) is 24.6. The van der Waals surface area contributed by atoms with Crippen molar-refractivity contribution in [1.82, 2.24) is 10.2 Å². The van der Waals surface area contributed by atoms with E-state index >= 15 is 0 Å². The van der Waals surface area contributed by atoms with Crippen LogP contribution >= 0.6 is 0 Å². The monoisotopic (exact) mass is 290 g/mol. The van der Waals surface area contributed by atoms with E-state index in [1.54, 1.807) is 6.26 Å². The van der Waals surface area contributed by atoms with Gasteiger partial charge in [0.2, 0.25) is 0 Å². The van der Waals surface area contributed by atoms with Gasteiger partial charge in [0.1, 0.15) is 6.04 Å². The SMILES string of the molecule is CC(CCS(C)=O)NC(=O)N1CCC(C)C1C(=O)O. The maximum atomic E-state index is 12.0. The van der Waals surface area contributed by atoms with E-state index < -0.39 is 22.8 Å². The molecule has 0 saturated carbocycles. The molecule has 0 spiro atoms. The van der Waals surface area contributed by atoms with Gasteiger partial charge in [-0.1, -0.05) is 6.92 Å². The van der Waals surface area contributed by atoms with Gasteiger partial charge in [-0.2, -0.15) is 0 Å². The lowest BCUT2D eigenvalue weighted by Crippen LogP contribution is -2.49. The molecule has 0 radical (unpaired) electrons. The zero-order valence-electron chi connectivity index (χ0n) is 11.6. The van der Waals surface area contributed by atoms with E-state index in [2.05, 4.69) is 5.32 Å². The van der Waals surface area contributed by atoms with Crippen LogP contribution in [0, 0.1) is 5.92 Å². The van der Waals surface area contributed by atoms with Crippen LogP contribution in [-0.4, -0.2) is 56.9 Å². The number of nitrogens with one attached hydrogen (secondary N) is 1. The molecule has 0 bridgehead atoms. The number of carboxylic acid groups (broad SMARTS) is 1. The lowest BCUT2D eigenvalue weighted by molar-refractivity contribution is -0.142. The molecule has 2 amide bonds. The molecule has 0 aromatic heterocycles. The Hall–Kier alpha value is -1.11. The first-order chi connectivity index (χ1) is 8.82. The van der Waals surface area contributed by atoms with Crippen LogP contribution in [0.5, 0.6) is 0 Å². The maximum absolute atomic E-state index is 12.0. The summed E-state index contributed by atoms with van der Waals surface area (Å²) in [5.74, 6) is -0.454. The van der Waals surface area contributed by atoms with Gasteiger partial charge < -0.3 is 15.3 Å². The lowest BCUT2D eigenvalue weighted by Gasteiger charge is -2.25. The summed E-state index contributed by atoms with van der Waals surface area (Å²) in [6, 6.07) is -1.19. The van der Waals surface area contributed by atoms with Crippen molar-refractivity contribution in [2.45, 2.75) is 38.8 Å². The van der Waals surface area contributed by atoms with Gasteiger partial charge in [-0.3, -0.25) is 4.21 Å². The van der Waals surface area contributed by atoms with Crippen molar-refractivity contribution in [3.8, 4) is 0 Å². The van der Waals surface area contributed by atoms with Crippen molar-refractivity contribution < 1.29 is 18.9 Å². The minimum atomic E-state index is -0.956. The predicted molar refractivity (Wildman–Crippen MR) is 73.5 cm³/mol. The summed E-state index contributed by atoms with van der Waals surface area (Å²) >= 11 is 0. The summed E-state index contributed by atoms with van der Waals surface area (Å²) in [6.07, 6.45) is 2.95. The molecule has 0 aromatic rings. The van der Waals surface area contributed by atoms with Gasteiger partial charge in [0.15, 0.2) is 0 Å². The molecule has 6 nitrogen and oxygen atoms in total. The van der Waals surface area contributed by atoms with Crippen LogP contribution in [0.3, 0.4) is 0 Å². The molecule has 1 fully saturated rings. The van der Waals surface area contributed by atoms with Crippen molar-refractivity contribution in [3.63, 3.8) is 0 Å². The fourth-order valence-corrected chi connectivity index (χ4v) is 2.95. The number of nitrogens with zero attached hydrogens (tertiary/aromatic N) is 1. The van der Waals surface area contributed by atoms with Crippen LogP contribution in [-0.2, 0) is 15.6 Å². The Labute approximate surface area is 116 Å². The zero-order chi connectivity index (χ0) is 14.6. The largest absolute Gasteiger partial charge is 0.480 e. The molecular weight excluding hydrogens is 268 g/mol. The summed E-state index contributed by atoms with van der Waals surface area (Å²) in [7, 11) is -0.882.